The molecular weight excluding hydrogens is 350 g/mol. The van der Waals surface area contributed by atoms with Gasteiger partial charge in [0.2, 0.25) is 5.91 Å². The lowest BCUT2D eigenvalue weighted by atomic mass is 10.1. The largest absolute Gasteiger partial charge is 0.508 e. The molecule has 0 unspecified atom stereocenters. The maximum atomic E-state index is 12.1. The number of hydrogen-bond acceptors (Lipinski definition) is 5. The predicted octanol–water partition coefficient (Wildman–Crippen LogP) is 3.55. The van der Waals surface area contributed by atoms with Gasteiger partial charge in [0.1, 0.15) is 28.6 Å². The molecule has 0 atom stereocenters. The second-order valence-corrected chi connectivity index (χ2v) is 6.05. The molecule has 0 aliphatic heterocycles. The third-order valence-corrected chi connectivity index (χ3v) is 3.93. The molecule has 7 heteroatoms. The van der Waals surface area contributed by atoms with Crippen molar-refractivity contribution in [1.82, 2.24) is 0 Å². The van der Waals surface area contributed by atoms with Gasteiger partial charge in [0, 0.05) is 17.3 Å². The van der Waals surface area contributed by atoms with E-state index < -0.39 is 5.97 Å². The number of furan rings is 1. The van der Waals surface area contributed by atoms with E-state index in [4.69, 9.17) is 9.52 Å². The summed E-state index contributed by atoms with van der Waals surface area (Å²) in [7, 11) is 0. The molecule has 1 aromatic heterocycles. The molecule has 27 heavy (non-hydrogen) atoms. The number of rotatable bonds is 5. The van der Waals surface area contributed by atoms with Crippen LogP contribution < -0.4 is 5.32 Å². The zero-order chi connectivity index (χ0) is 19.6. The van der Waals surface area contributed by atoms with E-state index in [-0.39, 0.29) is 29.4 Å². The standard InChI is InChI=1S/C20H17NO6/c1-11-17(20(25)26)10-18(27-11)13-2-4-14(5-3-13)21-19(24)8-12-6-15(22)9-16(23)7-12/h2-7,9-10,22-23H,8H2,1H3,(H,21,24)(H,25,26). The fraction of sp³-hybridized carbons (Fsp3) is 0.100. The van der Waals surface area contributed by atoms with Gasteiger partial charge in [-0.2, -0.15) is 0 Å². The molecule has 0 fully saturated rings. The quantitative estimate of drug-likeness (QED) is 0.547. The van der Waals surface area contributed by atoms with Crippen molar-refractivity contribution in [3.8, 4) is 22.8 Å². The number of carboxylic acids is 1. The molecule has 0 saturated heterocycles. The lowest BCUT2D eigenvalue weighted by Gasteiger charge is -2.07. The van der Waals surface area contributed by atoms with Crippen LogP contribution in [0.4, 0.5) is 5.69 Å². The zero-order valence-electron chi connectivity index (χ0n) is 14.4. The molecule has 0 saturated carbocycles. The van der Waals surface area contributed by atoms with Gasteiger partial charge in [0.25, 0.3) is 0 Å². The number of aromatic hydroxyl groups is 2. The van der Waals surface area contributed by atoms with Crippen LogP contribution in [0.15, 0.2) is 52.9 Å². The Morgan fingerprint density at radius 3 is 2.19 bits per heavy atom. The highest BCUT2D eigenvalue weighted by Gasteiger charge is 2.15. The number of carbonyl (C=O) groups excluding carboxylic acids is 1. The van der Waals surface area contributed by atoms with Crippen molar-refractivity contribution in [3.63, 3.8) is 0 Å². The Labute approximate surface area is 154 Å². The number of anilines is 1. The summed E-state index contributed by atoms with van der Waals surface area (Å²) in [6.07, 6.45) is -0.0109. The van der Waals surface area contributed by atoms with E-state index in [9.17, 15) is 19.8 Å². The number of benzene rings is 2. The van der Waals surface area contributed by atoms with Crippen LogP contribution in [0.5, 0.6) is 11.5 Å². The monoisotopic (exact) mass is 367 g/mol. The van der Waals surface area contributed by atoms with Gasteiger partial charge in [-0.15, -0.1) is 0 Å². The van der Waals surface area contributed by atoms with Crippen molar-refractivity contribution in [2.75, 3.05) is 5.32 Å². The molecule has 3 aromatic rings. The summed E-state index contributed by atoms with van der Waals surface area (Å²) in [5.74, 6) is -0.838. The summed E-state index contributed by atoms with van der Waals surface area (Å²) in [4.78, 5) is 23.2. The van der Waals surface area contributed by atoms with E-state index in [1.54, 1.807) is 31.2 Å². The first-order valence-electron chi connectivity index (χ1n) is 8.08. The van der Waals surface area contributed by atoms with Crippen molar-refractivity contribution in [1.29, 1.82) is 0 Å². The number of carbonyl (C=O) groups is 2. The van der Waals surface area contributed by atoms with Crippen LogP contribution in [0.2, 0.25) is 0 Å². The number of amides is 1. The molecule has 0 bridgehead atoms. The number of phenols is 2. The van der Waals surface area contributed by atoms with E-state index in [0.29, 0.717) is 28.3 Å². The van der Waals surface area contributed by atoms with E-state index in [0.717, 1.165) is 0 Å². The van der Waals surface area contributed by atoms with Crippen LogP contribution in [0.1, 0.15) is 21.7 Å². The highest BCUT2D eigenvalue weighted by Crippen LogP contribution is 2.27. The maximum absolute atomic E-state index is 12.1. The van der Waals surface area contributed by atoms with Gasteiger partial charge in [0.15, 0.2) is 0 Å². The van der Waals surface area contributed by atoms with Gasteiger partial charge in [-0.25, -0.2) is 4.79 Å². The molecule has 0 radical (unpaired) electrons. The Morgan fingerprint density at radius 2 is 1.63 bits per heavy atom. The van der Waals surface area contributed by atoms with Crippen molar-refractivity contribution < 1.29 is 29.3 Å². The Kier molecular flexibility index (Phi) is 4.85. The third kappa shape index (κ3) is 4.27. The number of phenolic OH excluding ortho intramolecular Hbond substituents is 2. The number of hydrogen-bond donors (Lipinski definition) is 4. The van der Waals surface area contributed by atoms with E-state index in [1.807, 2.05) is 0 Å². The number of aromatic carboxylic acids is 1. The fourth-order valence-electron chi connectivity index (χ4n) is 2.70. The van der Waals surface area contributed by atoms with E-state index in [1.165, 1.54) is 24.3 Å². The zero-order valence-corrected chi connectivity index (χ0v) is 14.4. The van der Waals surface area contributed by atoms with Gasteiger partial charge in [0.05, 0.1) is 6.42 Å². The Balaban J connectivity index is 1.69. The maximum Gasteiger partial charge on any atom is 0.339 e. The summed E-state index contributed by atoms with van der Waals surface area (Å²) in [6, 6.07) is 12.2. The van der Waals surface area contributed by atoms with E-state index >= 15 is 0 Å². The molecule has 3 rings (SSSR count). The number of carboxylic acid groups (broad SMARTS) is 1. The Bertz CT molecular complexity index is 984. The van der Waals surface area contributed by atoms with Gasteiger partial charge < -0.3 is 25.1 Å². The first-order valence-corrected chi connectivity index (χ1v) is 8.08. The molecule has 1 amide bonds. The normalized spacial score (nSPS) is 10.6. The first-order chi connectivity index (χ1) is 12.8. The lowest BCUT2D eigenvalue weighted by Crippen LogP contribution is -2.14. The highest BCUT2D eigenvalue weighted by atomic mass is 16.4. The lowest BCUT2D eigenvalue weighted by molar-refractivity contribution is -0.115. The van der Waals surface area contributed by atoms with Gasteiger partial charge in [-0.3, -0.25) is 4.79 Å². The minimum Gasteiger partial charge on any atom is -0.508 e. The van der Waals surface area contributed by atoms with Crippen LogP contribution in [0.3, 0.4) is 0 Å². The second-order valence-electron chi connectivity index (χ2n) is 6.05. The van der Waals surface area contributed by atoms with Gasteiger partial charge in [-0.1, -0.05) is 0 Å². The van der Waals surface area contributed by atoms with Crippen LogP contribution in [0.25, 0.3) is 11.3 Å². The van der Waals surface area contributed by atoms with Crippen molar-refractivity contribution in [2.24, 2.45) is 0 Å². The van der Waals surface area contributed by atoms with Crippen LogP contribution in [0, 0.1) is 6.92 Å². The smallest absolute Gasteiger partial charge is 0.339 e. The first kappa shape index (κ1) is 18.1. The second kappa shape index (κ2) is 7.25. The van der Waals surface area contributed by atoms with Gasteiger partial charge >= 0.3 is 5.97 Å². The molecular formula is C20H17NO6. The molecule has 0 aliphatic rings. The summed E-state index contributed by atoms with van der Waals surface area (Å²) in [5.41, 5.74) is 1.82. The van der Waals surface area contributed by atoms with Crippen LogP contribution in [-0.2, 0) is 11.2 Å². The topological polar surface area (TPSA) is 120 Å². The number of aryl methyl sites for hydroxylation is 1. The molecule has 138 valence electrons. The highest BCUT2D eigenvalue weighted by molar-refractivity contribution is 5.93. The molecule has 2 aromatic carbocycles. The molecule has 7 nitrogen and oxygen atoms in total. The summed E-state index contributed by atoms with van der Waals surface area (Å²) < 4.78 is 5.47. The minimum atomic E-state index is -1.05. The molecule has 0 aliphatic carbocycles. The minimum absolute atomic E-state index is 0.0109. The average molecular weight is 367 g/mol. The van der Waals surface area contributed by atoms with Crippen LogP contribution >= 0.6 is 0 Å². The van der Waals surface area contributed by atoms with Crippen molar-refractivity contribution in [3.05, 3.63) is 65.4 Å². The predicted molar refractivity (Wildman–Crippen MR) is 97.9 cm³/mol. The number of nitrogens with one attached hydrogen (secondary N) is 1. The third-order valence-electron chi connectivity index (χ3n) is 3.93. The summed E-state index contributed by atoms with van der Waals surface area (Å²) in [6.45, 7) is 1.58. The molecule has 4 N–H and O–H groups in total. The van der Waals surface area contributed by atoms with E-state index in [2.05, 4.69) is 5.32 Å². The van der Waals surface area contributed by atoms with Crippen LogP contribution in [-0.4, -0.2) is 27.2 Å². The van der Waals surface area contributed by atoms with Crippen molar-refractivity contribution >= 4 is 17.6 Å². The van der Waals surface area contributed by atoms with Crippen molar-refractivity contribution in [2.45, 2.75) is 13.3 Å². The summed E-state index contributed by atoms with van der Waals surface area (Å²) in [5, 5.41) is 30.7. The Hall–Kier alpha value is -3.74. The Morgan fingerprint density at radius 1 is 1.00 bits per heavy atom. The van der Waals surface area contributed by atoms with Gasteiger partial charge in [-0.05, 0) is 55.0 Å². The molecule has 0 spiro atoms. The SMILES string of the molecule is Cc1oc(-c2ccc(NC(=O)Cc3cc(O)cc(O)c3)cc2)cc1C(=O)O. The average Bonchev–Trinajstić information content (AvgIpc) is 2.96. The molecule has 1 heterocycles. The fourth-order valence-corrected chi connectivity index (χ4v) is 2.70. The summed E-state index contributed by atoms with van der Waals surface area (Å²) >= 11 is 0.